The number of hydrogen-bond acceptors (Lipinski definition) is 7. The van der Waals surface area contributed by atoms with E-state index < -0.39 is 63.6 Å². The summed E-state index contributed by atoms with van der Waals surface area (Å²) in [6.45, 7) is 1.76. The highest BCUT2D eigenvalue weighted by Gasteiger charge is 2.68. The summed E-state index contributed by atoms with van der Waals surface area (Å²) in [5.41, 5.74) is 0.210. The molecule has 0 aromatic heterocycles. The number of phenolic OH excluding ortho intramolecular Hbond substituents is 1. The first-order valence-corrected chi connectivity index (χ1v) is 15.1. The van der Waals surface area contributed by atoms with Gasteiger partial charge in [0.1, 0.15) is 5.75 Å². The van der Waals surface area contributed by atoms with Crippen LogP contribution in [0.25, 0.3) is 0 Å². The smallest absolute Gasteiger partial charge is 0.271 e. The number of para-hydroxylation sites is 1. The van der Waals surface area contributed by atoms with E-state index >= 15 is 0 Å². The van der Waals surface area contributed by atoms with Gasteiger partial charge < -0.3 is 5.11 Å². The zero-order valence-corrected chi connectivity index (χ0v) is 25.0. The molecule has 0 radical (unpaired) electrons. The number of non-ortho nitro benzene ring substituents is 1. The van der Waals surface area contributed by atoms with Gasteiger partial charge in [0.25, 0.3) is 5.69 Å². The number of allylic oxidation sites excluding steroid dienone is 2. The van der Waals surface area contributed by atoms with Gasteiger partial charge in [-0.2, -0.15) is 0 Å². The molecular weight excluding hydrogens is 630 g/mol. The quantitative estimate of drug-likeness (QED) is 0.170. The van der Waals surface area contributed by atoms with E-state index in [4.69, 9.17) is 0 Å². The van der Waals surface area contributed by atoms with Crippen LogP contribution in [0.5, 0.6) is 5.75 Å². The highest BCUT2D eigenvalue weighted by atomic mass is 79.9. The number of amides is 4. The molecule has 6 atom stereocenters. The highest BCUT2D eigenvalue weighted by molar-refractivity contribution is 9.10. The maximum Gasteiger partial charge on any atom is 0.271 e. The monoisotopic (exact) mass is 655 g/mol. The zero-order valence-electron chi connectivity index (χ0n) is 23.4. The number of carbonyl (C=O) groups excluding carboxylic acids is 4. The molecule has 1 saturated carbocycles. The predicted octanol–water partition coefficient (Wildman–Crippen LogP) is 5.50. The Labute approximate surface area is 260 Å². The van der Waals surface area contributed by atoms with Crippen molar-refractivity contribution in [1.82, 2.24) is 0 Å². The average Bonchev–Trinajstić information content (AvgIpc) is 3.38. The summed E-state index contributed by atoms with van der Waals surface area (Å²) in [6, 6.07) is 19.0. The molecule has 222 valence electrons. The van der Waals surface area contributed by atoms with Crippen LogP contribution in [-0.2, 0) is 19.2 Å². The number of nitrogens with zero attached hydrogens (tertiary/aromatic N) is 3. The third-order valence-electron chi connectivity index (χ3n) is 9.89. The van der Waals surface area contributed by atoms with E-state index in [2.05, 4.69) is 15.9 Å². The normalized spacial score (nSPS) is 29.3. The van der Waals surface area contributed by atoms with Crippen molar-refractivity contribution in [3.63, 3.8) is 0 Å². The molecule has 3 aromatic carbocycles. The molecule has 2 saturated heterocycles. The van der Waals surface area contributed by atoms with Crippen LogP contribution in [0.2, 0.25) is 0 Å². The molecule has 11 heteroatoms. The number of phenols is 1. The molecule has 1 N–H and O–H groups in total. The number of benzene rings is 3. The average molecular weight is 656 g/mol. The second-order valence-electron chi connectivity index (χ2n) is 12.0. The molecular formula is C33H26BrN3O7. The fourth-order valence-electron chi connectivity index (χ4n) is 7.94. The Morgan fingerprint density at radius 3 is 2.34 bits per heavy atom. The summed E-state index contributed by atoms with van der Waals surface area (Å²) in [7, 11) is 0. The van der Waals surface area contributed by atoms with Crippen molar-refractivity contribution in [2.45, 2.75) is 25.7 Å². The maximum atomic E-state index is 14.4. The first kappa shape index (κ1) is 28.1. The fourth-order valence-corrected chi connectivity index (χ4v) is 8.32. The summed E-state index contributed by atoms with van der Waals surface area (Å²) >= 11 is 3.48. The summed E-state index contributed by atoms with van der Waals surface area (Å²) in [6.07, 6.45) is 2.26. The van der Waals surface area contributed by atoms with E-state index in [-0.39, 0.29) is 30.0 Å². The van der Waals surface area contributed by atoms with E-state index in [0.717, 1.165) is 10.5 Å². The van der Waals surface area contributed by atoms with Crippen LogP contribution in [-0.4, -0.2) is 33.7 Å². The highest BCUT2D eigenvalue weighted by Crippen LogP contribution is 2.64. The van der Waals surface area contributed by atoms with Gasteiger partial charge in [-0.25, -0.2) is 9.80 Å². The van der Waals surface area contributed by atoms with Gasteiger partial charge in [-0.1, -0.05) is 51.8 Å². The van der Waals surface area contributed by atoms with E-state index in [0.29, 0.717) is 15.7 Å². The van der Waals surface area contributed by atoms with Gasteiger partial charge in [0.15, 0.2) is 0 Å². The lowest BCUT2D eigenvalue weighted by Crippen LogP contribution is -2.48. The largest absolute Gasteiger partial charge is 0.508 e. The van der Waals surface area contributed by atoms with Crippen LogP contribution < -0.4 is 9.80 Å². The van der Waals surface area contributed by atoms with Crippen LogP contribution in [0.15, 0.2) is 88.9 Å². The molecule has 2 heterocycles. The molecule has 4 aliphatic rings. The zero-order chi connectivity index (χ0) is 31.1. The fraction of sp³-hybridized carbons (Fsp3) is 0.273. The van der Waals surface area contributed by atoms with Crippen LogP contribution in [0, 0.1) is 39.2 Å². The number of anilines is 2. The van der Waals surface area contributed by atoms with Gasteiger partial charge in [0.2, 0.25) is 23.6 Å². The molecule has 2 aliphatic heterocycles. The van der Waals surface area contributed by atoms with E-state index in [1.54, 1.807) is 49.4 Å². The lowest BCUT2D eigenvalue weighted by Gasteiger charge is -2.49. The van der Waals surface area contributed by atoms with Gasteiger partial charge in [0, 0.05) is 28.1 Å². The van der Waals surface area contributed by atoms with Crippen molar-refractivity contribution in [1.29, 1.82) is 0 Å². The minimum atomic E-state index is -1.29. The van der Waals surface area contributed by atoms with Crippen molar-refractivity contribution in [3.8, 4) is 5.75 Å². The van der Waals surface area contributed by atoms with Gasteiger partial charge in [-0.05, 0) is 62.1 Å². The second-order valence-corrected chi connectivity index (χ2v) is 12.9. The Kier molecular flexibility index (Phi) is 6.36. The van der Waals surface area contributed by atoms with Crippen molar-refractivity contribution in [3.05, 3.63) is 105 Å². The molecule has 4 amide bonds. The van der Waals surface area contributed by atoms with E-state index in [9.17, 15) is 34.4 Å². The molecule has 0 unspecified atom stereocenters. The summed E-state index contributed by atoms with van der Waals surface area (Å²) in [5.74, 6) is -5.52. The summed E-state index contributed by atoms with van der Waals surface area (Å²) in [5, 5.41) is 22.6. The third kappa shape index (κ3) is 3.84. The lowest BCUT2D eigenvalue weighted by molar-refractivity contribution is -0.384. The van der Waals surface area contributed by atoms with Crippen molar-refractivity contribution in [2.24, 2.45) is 29.1 Å². The van der Waals surface area contributed by atoms with Crippen LogP contribution in [0.4, 0.5) is 17.1 Å². The van der Waals surface area contributed by atoms with Gasteiger partial charge >= 0.3 is 0 Å². The minimum Gasteiger partial charge on any atom is -0.508 e. The minimum absolute atomic E-state index is 0.0488. The van der Waals surface area contributed by atoms with E-state index in [1.807, 2.05) is 6.08 Å². The molecule has 0 bridgehead atoms. The van der Waals surface area contributed by atoms with Gasteiger partial charge in [-0.15, -0.1) is 0 Å². The number of carbonyl (C=O) groups is 4. The van der Waals surface area contributed by atoms with E-state index in [1.165, 1.54) is 35.2 Å². The molecule has 2 aliphatic carbocycles. The standard InChI is InChI=1S/C33H26BrN3O7/c1-33-25(30(40)36(32(33)42)18-6-3-2-4-7-18)16-23-21(28(33)24-14-17(34)10-13-26(24)38)11-12-22-27(23)31(41)35(29(22)39)19-8-5-9-20(15-19)37(43)44/h2-11,13-15,22-23,25,27-28,38H,12,16H2,1H3/t22-,23+,25-,27-,28+,33+/m0/s1. The topological polar surface area (TPSA) is 138 Å². The number of fused-ring (bicyclic) bond motifs is 4. The maximum absolute atomic E-state index is 14.4. The predicted molar refractivity (Wildman–Crippen MR) is 162 cm³/mol. The van der Waals surface area contributed by atoms with Crippen LogP contribution in [0.1, 0.15) is 31.2 Å². The number of nitro benzene ring substituents is 1. The Morgan fingerprint density at radius 2 is 1.61 bits per heavy atom. The van der Waals surface area contributed by atoms with Gasteiger partial charge in [0.05, 0.1) is 39.5 Å². The lowest BCUT2D eigenvalue weighted by atomic mass is 9.51. The Bertz CT molecular complexity index is 1820. The molecule has 3 fully saturated rings. The first-order valence-electron chi connectivity index (χ1n) is 14.3. The van der Waals surface area contributed by atoms with Crippen molar-refractivity contribution in [2.75, 3.05) is 9.80 Å². The molecule has 3 aromatic rings. The second kappa shape index (κ2) is 9.95. The molecule has 7 rings (SSSR count). The number of imide groups is 2. The third-order valence-corrected chi connectivity index (χ3v) is 10.4. The Balaban J connectivity index is 1.37. The number of rotatable bonds is 4. The van der Waals surface area contributed by atoms with Crippen molar-refractivity contribution < 1.29 is 29.2 Å². The molecule has 44 heavy (non-hydrogen) atoms. The Morgan fingerprint density at radius 1 is 0.886 bits per heavy atom. The molecule has 10 nitrogen and oxygen atoms in total. The summed E-state index contributed by atoms with van der Waals surface area (Å²) < 4.78 is 0.669. The molecule has 0 spiro atoms. The van der Waals surface area contributed by atoms with Crippen LogP contribution in [0.3, 0.4) is 0 Å². The number of aromatic hydroxyl groups is 1. The SMILES string of the molecule is C[C@@]12C(=O)N(c3ccccc3)C(=O)[C@@H]1C[C@@H]1C(=CC[C@@H]3C(=O)N(c4cccc([N+](=O)[O-])c4)C(=O)[C@@H]31)[C@@H]2c1cc(Br)ccc1O. The number of halogens is 1. The van der Waals surface area contributed by atoms with Crippen molar-refractivity contribution >= 4 is 56.6 Å². The first-order chi connectivity index (χ1) is 21.0. The van der Waals surface area contributed by atoms with Gasteiger partial charge in [-0.3, -0.25) is 29.3 Å². The number of nitro groups is 1. The summed E-state index contributed by atoms with van der Waals surface area (Å²) in [4.78, 5) is 69.5. The number of hydrogen-bond donors (Lipinski definition) is 1. The van der Waals surface area contributed by atoms with Crippen LogP contribution >= 0.6 is 15.9 Å². The Hall–Kier alpha value is -4.64.